The monoisotopic (exact) mass is 348 g/mol. The lowest BCUT2D eigenvalue weighted by Crippen LogP contribution is -2.29. The molecule has 0 fully saturated rings. The maximum atomic E-state index is 11.5. The summed E-state index contributed by atoms with van der Waals surface area (Å²) in [6.07, 6.45) is 5.41. The summed E-state index contributed by atoms with van der Waals surface area (Å²) in [5.74, 6) is 0.628. The molecule has 2 aromatic rings. The van der Waals surface area contributed by atoms with Gasteiger partial charge in [-0.1, -0.05) is 69.3 Å². The Hall–Kier alpha value is -2.62. The second-order valence-corrected chi connectivity index (χ2v) is 8.35. The van der Waals surface area contributed by atoms with Gasteiger partial charge in [0.2, 0.25) is 0 Å². The number of nitro groups is 1. The topological polar surface area (TPSA) is 55.2 Å². The molecule has 4 heteroatoms. The standard InChI is InChI=1S/C22H24N2O2/c1-22(2,3)15-12-10-14(11-13-15)20-17-7-4-6-16(17)18-8-5-9-19(24(25)26)21(18)23-20/h4-6,8-13,16-17,20,23H,7H2,1-3H3/t16-,17+,20-/m0/s1. The molecular formula is C22H24N2O2. The third-order valence-electron chi connectivity index (χ3n) is 5.71. The maximum absolute atomic E-state index is 11.5. The molecule has 0 aromatic heterocycles. The molecule has 0 amide bonds. The molecule has 0 bridgehead atoms. The van der Waals surface area contributed by atoms with E-state index in [1.165, 1.54) is 11.1 Å². The molecule has 4 nitrogen and oxygen atoms in total. The fourth-order valence-corrected chi connectivity index (χ4v) is 4.28. The number of anilines is 1. The number of para-hydroxylation sites is 1. The second-order valence-electron chi connectivity index (χ2n) is 8.35. The van der Waals surface area contributed by atoms with Gasteiger partial charge in [-0.05, 0) is 34.4 Å². The van der Waals surface area contributed by atoms with Crippen molar-refractivity contribution in [3.8, 4) is 0 Å². The van der Waals surface area contributed by atoms with Crippen molar-refractivity contribution in [3.05, 3.63) is 81.4 Å². The summed E-state index contributed by atoms with van der Waals surface area (Å²) < 4.78 is 0. The van der Waals surface area contributed by atoms with Crippen molar-refractivity contribution in [1.29, 1.82) is 0 Å². The van der Waals surface area contributed by atoms with Gasteiger partial charge in [-0.15, -0.1) is 0 Å². The van der Waals surface area contributed by atoms with Gasteiger partial charge in [-0.3, -0.25) is 10.1 Å². The highest BCUT2D eigenvalue weighted by molar-refractivity contribution is 5.71. The van der Waals surface area contributed by atoms with Gasteiger partial charge in [0.1, 0.15) is 5.69 Å². The Bertz CT molecular complexity index is 878. The Balaban J connectivity index is 1.76. The van der Waals surface area contributed by atoms with Gasteiger partial charge in [0.25, 0.3) is 5.69 Å². The highest BCUT2D eigenvalue weighted by Gasteiger charge is 2.40. The number of hydrogen-bond acceptors (Lipinski definition) is 3. The predicted octanol–water partition coefficient (Wildman–Crippen LogP) is 5.72. The molecule has 1 aliphatic heterocycles. The number of hydrogen-bond donors (Lipinski definition) is 1. The van der Waals surface area contributed by atoms with E-state index in [1.807, 2.05) is 6.07 Å². The lowest BCUT2D eigenvalue weighted by Gasteiger charge is -2.37. The number of rotatable bonds is 2. The third-order valence-corrected chi connectivity index (χ3v) is 5.71. The molecule has 0 radical (unpaired) electrons. The molecule has 4 rings (SSSR count). The van der Waals surface area contributed by atoms with Crippen molar-refractivity contribution >= 4 is 11.4 Å². The summed E-state index contributed by atoms with van der Waals surface area (Å²) in [6, 6.07) is 14.2. The van der Waals surface area contributed by atoms with Crippen LogP contribution in [0.5, 0.6) is 0 Å². The molecule has 0 spiro atoms. The first-order valence-electron chi connectivity index (χ1n) is 9.17. The summed E-state index contributed by atoms with van der Waals surface area (Å²) in [7, 11) is 0. The number of nitrogens with zero attached hydrogens (tertiary/aromatic N) is 1. The van der Waals surface area contributed by atoms with E-state index in [2.05, 4.69) is 62.5 Å². The molecule has 26 heavy (non-hydrogen) atoms. The van der Waals surface area contributed by atoms with Crippen LogP contribution < -0.4 is 5.32 Å². The number of allylic oxidation sites excluding steroid dienone is 2. The summed E-state index contributed by atoms with van der Waals surface area (Å²) in [5, 5.41) is 15.0. The van der Waals surface area contributed by atoms with E-state index in [0.717, 1.165) is 12.0 Å². The molecular weight excluding hydrogens is 324 g/mol. The summed E-state index contributed by atoms with van der Waals surface area (Å²) in [6.45, 7) is 6.62. The van der Waals surface area contributed by atoms with Crippen LogP contribution >= 0.6 is 0 Å². The van der Waals surface area contributed by atoms with Gasteiger partial charge >= 0.3 is 0 Å². The van der Waals surface area contributed by atoms with Crippen molar-refractivity contribution < 1.29 is 4.92 Å². The van der Waals surface area contributed by atoms with Gasteiger partial charge in [-0.25, -0.2) is 0 Å². The fourth-order valence-electron chi connectivity index (χ4n) is 4.28. The molecule has 0 unspecified atom stereocenters. The fraction of sp³-hybridized carbons (Fsp3) is 0.364. The molecule has 3 atom stereocenters. The second kappa shape index (κ2) is 5.97. The minimum absolute atomic E-state index is 0.0811. The molecule has 2 aliphatic rings. The van der Waals surface area contributed by atoms with E-state index in [4.69, 9.17) is 0 Å². The minimum atomic E-state index is -0.287. The van der Waals surface area contributed by atoms with Crippen molar-refractivity contribution in [2.75, 3.05) is 5.32 Å². The Morgan fingerprint density at radius 2 is 1.85 bits per heavy atom. The molecule has 0 saturated heterocycles. The Kier molecular flexibility index (Phi) is 3.87. The van der Waals surface area contributed by atoms with E-state index in [9.17, 15) is 10.1 Å². The van der Waals surface area contributed by atoms with Gasteiger partial charge < -0.3 is 5.32 Å². The number of fused-ring (bicyclic) bond motifs is 3. The zero-order chi connectivity index (χ0) is 18.5. The van der Waals surface area contributed by atoms with E-state index < -0.39 is 0 Å². The number of nitro benzene ring substituents is 1. The van der Waals surface area contributed by atoms with Gasteiger partial charge in [0, 0.05) is 12.0 Å². The number of nitrogens with one attached hydrogen (secondary N) is 1. The Morgan fingerprint density at radius 3 is 2.50 bits per heavy atom. The average Bonchev–Trinajstić information content (AvgIpc) is 3.09. The third kappa shape index (κ3) is 2.70. The normalized spacial score (nSPS) is 23.9. The molecule has 134 valence electrons. The van der Waals surface area contributed by atoms with E-state index in [0.29, 0.717) is 11.6 Å². The molecule has 1 aliphatic carbocycles. The summed E-state index contributed by atoms with van der Waals surface area (Å²) in [4.78, 5) is 11.2. The zero-order valence-corrected chi connectivity index (χ0v) is 15.4. The molecule has 2 aromatic carbocycles. The van der Waals surface area contributed by atoms with Crippen LogP contribution in [-0.2, 0) is 5.41 Å². The largest absolute Gasteiger partial charge is 0.372 e. The van der Waals surface area contributed by atoms with Crippen LogP contribution in [0.1, 0.15) is 55.8 Å². The highest BCUT2D eigenvalue weighted by atomic mass is 16.6. The predicted molar refractivity (Wildman–Crippen MR) is 105 cm³/mol. The quantitative estimate of drug-likeness (QED) is 0.429. The molecule has 1 N–H and O–H groups in total. The van der Waals surface area contributed by atoms with Crippen molar-refractivity contribution in [1.82, 2.24) is 0 Å². The minimum Gasteiger partial charge on any atom is -0.372 e. The Morgan fingerprint density at radius 1 is 1.12 bits per heavy atom. The van der Waals surface area contributed by atoms with Crippen molar-refractivity contribution in [2.45, 2.75) is 44.6 Å². The van der Waals surface area contributed by atoms with Crippen LogP contribution in [0.4, 0.5) is 11.4 Å². The van der Waals surface area contributed by atoms with Crippen LogP contribution in [0, 0.1) is 16.0 Å². The van der Waals surface area contributed by atoms with E-state index in [-0.39, 0.29) is 28.0 Å². The van der Waals surface area contributed by atoms with Crippen molar-refractivity contribution in [3.63, 3.8) is 0 Å². The van der Waals surface area contributed by atoms with Crippen LogP contribution in [0.3, 0.4) is 0 Å². The first-order valence-corrected chi connectivity index (χ1v) is 9.17. The smallest absolute Gasteiger partial charge is 0.292 e. The highest BCUT2D eigenvalue weighted by Crippen LogP contribution is 2.52. The van der Waals surface area contributed by atoms with Gasteiger partial charge in [0.15, 0.2) is 0 Å². The SMILES string of the molecule is CC(C)(C)c1ccc([C@@H]2Nc3c(cccc3[N+](=O)[O-])[C@H]3C=CC[C@H]32)cc1. The van der Waals surface area contributed by atoms with Crippen LogP contribution in [-0.4, -0.2) is 4.92 Å². The first-order chi connectivity index (χ1) is 12.4. The lowest BCUT2D eigenvalue weighted by molar-refractivity contribution is -0.384. The van der Waals surface area contributed by atoms with Crippen LogP contribution in [0.2, 0.25) is 0 Å². The van der Waals surface area contributed by atoms with Crippen molar-refractivity contribution in [2.24, 2.45) is 5.92 Å². The number of benzene rings is 2. The average molecular weight is 348 g/mol. The van der Waals surface area contributed by atoms with E-state index in [1.54, 1.807) is 12.1 Å². The van der Waals surface area contributed by atoms with Gasteiger partial charge in [0.05, 0.1) is 11.0 Å². The maximum Gasteiger partial charge on any atom is 0.292 e. The van der Waals surface area contributed by atoms with Crippen LogP contribution in [0.25, 0.3) is 0 Å². The van der Waals surface area contributed by atoms with Gasteiger partial charge in [-0.2, -0.15) is 0 Å². The van der Waals surface area contributed by atoms with Crippen LogP contribution in [0.15, 0.2) is 54.6 Å². The zero-order valence-electron chi connectivity index (χ0n) is 15.4. The Labute approximate surface area is 154 Å². The lowest BCUT2D eigenvalue weighted by atomic mass is 9.76. The van der Waals surface area contributed by atoms with E-state index >= 15 is 0 Å². The summed E-state index contributed by atoms with van der Waals surface area (Å²) >= 11 is 0. The first kappa shape index (κ1) is 16.8. The summed E-state index contributed by atoms with van der Waals surface area (Å²) in [5.41, 5.74) is 4.49. The molecule has 0 saturated carbocycles. The molecule has 1 heterocycles.